The van der Waals surface area contributed by atoms with E-state index < -0.39 is 5.97 Å². The van der Waals surface area contributed by atoms with Gasteiger partial charge in [0.1, 0.15) is 5.75 Å². The third kappa shape index (κ3) is 7.57. The molecule has 0 aliphatic rings. The van der Waals surface area contributed by atoms with Crippen molar-refractivity contribution in [3.63, 3.8) is 0 Å². The van der Waals surface area contributed by atoms with Crippen LogP contribution in [0.3, 0.4) is 0 Å². The van der Waals surface area contributed by atoms with Gasteiger partial charge in [-0.15, -0.1) is 11.8 Å². The molecule has 0 bridgehead atoms. The molecule has 0 saturated carbocycles. The van der Waals surface area contributed by atoms with Gasteiger partial charge in [0, 0.05) is 15.1 Å². The van der Waals surface area contributed by atoms with Crippen LogP contribution in [0.1, 0.15) is 16.7 Å². The zero-order chi connectivity index (χ0) is 28.6. The number of benzene rings is 5. The van der Waals surface area contributed by atoms with Crippen LogP contribution in [-0.4, -0.2) is 23.4 Å². The van der Waals surface area contributed by atoms with E-state index in [0.29, 0.717) is 5.75 Å². The van der Waals surface area contributed by atoms with Crippen LogP contribution in [0.2, 0.25) is 0 Å². The highest BCUT2D eigenvalue weighted by Gasteiger charge is 2.08. The summed E-state index contributed by atoms with van der Waals surface area (Å²) in [7, 11) is 0. The Kier molecular flexibility index (Phi) is 9.40. The normalized spacial score (nSPS) is 11.3. The van der Waals surface area contributed by atoms with Crippen LogP contribution in [0.25, 0.3) is 27.8 Å². The van der Waals surface area contributed by atoms with E-state index in [0.717, 1.165) is 31.8 Å². The molecule has 0 unspecified atom stereocenters. The Bertz CT molecular complexity index is 1640. The number of ether oxygens (including phenoxy) is 1. The maximum atomic E-state index is 10.8. The summed E-state index contributed by atoms with van der Waals surface area (Å²) in [6, 6.07) is 42.1. The van der Waals surface area contributed by atoms with Crippen LogP contribution >= 0.6 is 27.7 Å². The van der Waals surface area contributed by atoms with Gasteiger partial charge in [-0.1, -0.05) is 113 Å². The molecule has 41 heavy (non-hydrogen) atoms. The van der Waals surface area contributed by atoms with Gasteiger partial charge in [-0.25, -0.2) is 4.79 Å². The third-order valence-corrected chi connectivity index (χ3v) is 8.16. The first-order valence-corrected chi connectivity index (χ1v) is 15.0. The van der Waals surface area contributed by atoms with Crippen molar-refractivity contribution >= 4 is 39.2 Å². The van der Waals surface area contributed by atoms with Crippen LogP contribution in [0.5, 0.6) is 5.75 Å². The van der Waals surface area contributed by atoms with E-state index >= 15 is 0 Å². The highest BCUT2D eigenvalue weighted by molar-refractivity contribution is 9.10. The molecule has 204 valence electrons. The first-order chi connectivity index (χ1) is 20.0. The molecule has 0 radical (unpaired) electrons. The molecular formula is C36H29BrO3S. The summed E-state index contributed by atoms with van der Waals surface area (Å²) < 4.78 is 6.41. The fourth-order valence-electron chi connectivity index (χ4n) is 4.59. The maximum absolute atomic E-state index is 10.8. The number of rotatable bonds is 10. The summed E-state index contributed by atoms with van der Waals surface area (Å²) in [6.45, 7) is 1.59. The SMILES string of the molecule is Cc1cc(SC/C=C(/c2ccc(Br)cc2)c2ccc(-c3ccc(-c4ccccc4)cc3)cc2)ccc1OCC(=O)O. The van der Waals surface area contributed by atoms with Crippen LogP contribution in [0.15, 0.2) is 137 Å². The first-order valence-electron chi connectivity index (χ1n) is 13.3. The molecule has 0 atom stereocenters. The first kappa shape index (κ1) is 28.5. The van der Waals surface area contributed by atoms with Crippen molar-refractivity contribution < 1.29 is 14.6 Å². The molecule has 0 aromatic heterocycles. The van der Waals surface area contributed by atoms with Crippen molar-refractivity contribution in [2.24, 2.45) is 0 Å². The quantitative estimate of drug-likeness (QED) is 0.158. The number of carbonyl (C=O) groups is 1. The third-order valence-electron chi connectivity index (χ3n) is 6.71. The zero-order valence-electron chi connectivity index (χ0n) is 22.6. The lowest BCUT2D eigenvalue weighted by molar-refractivity contribution is -0.139. The van der Waals surface area contributed by atoms with Gasteiger partial charge < -0.3 is 9.84 Å². The molecule has 0 heterocycles. The molecule has 5 aromatic carbocycles. The highest BCUT2D eigenvalue weighted by Crippen LogP contribution is 2.31. The summed E-state index contributed by atoms with van der Waals surface area (Å²) in [5, 5.41) is 8.88. The van der Waals surface area contributed by atoms with E-state index in [4.69, 9.17) is 9.84 Å². The van der Waals surface area contributed by atoms with Crippen molar-refractivity contribution in [3.05, 3.63) is 149 Å². The van der Waals surface area contributed by atoms with E-state index in [1.807, 2.05) is 31.2 Å². The molecule has 0 fully saturated rings. The van der Waals surface area contributed by atoms with E-state index in [1.54, 1.807) is 11.8 Å². The Hall–Kier alpha value is -4.06. The van der Waals surface area contributed by atoms with E-state index in [-0.39, 0.29) is 6.61 Å². The van der Waals surface area contributed by atoms with Crippen molar-refractivity contribution in [2.75, 3.05) is 12.4 Å². The lowest BCUT2D eigenvalue weighted by atomic mass is 9.95. The monoisotopic (exact) mass is 620 g/mol. The molecule has 5 aromatic rings. The fraction of sp³-hybridized carbons (Fsp3) is 0.0833. The second-order valence-corrected chi connectivity index (χ2v) is 11.6. The molecule has 0 saturated heterocycles. The molecule has 0 amide bonds. The van der Waals surface area contributed by atoms with Gasteiger partial charge in [-0.05, 0) is 81.8 Å². The van der Waals surface area contributed by atoms with E-state index in [2.05, 4.69) is 119 Å². The number of aryl methyl sites for hydroxylation is 1. The lowest BCUT2D eigenvalue weighted by Gasteiger charge is -2.12. The lowest BCUT2D eigenvalue weighted by Crippen LogP contribution is -2.09. The average Bonchev–Trinajstić information content (AvgIpc) is 3.00. The smallest absolute Gasteiger partial charge is 0.341 e. The average molecular weight is 622 g/mol. The number of carboxylic acids is 1. The Morgan fingerprint density at radius 3 is 1.85 bits per heavy atom. The topological polar surface area (TPSA) is 46.5 Å². The molecule has 1 N–H and O–H groups in total. The van der Waals surface area contributed by atoms with Crippen molar-refractivity contribution in [3.8, 4) is 28.0 Å². The number of halogens is 1. The minimum absolute atomic E-state index is 0.343. The minimum atomic E-state index is -0.984. The molecular weight excluding hydrogens is 592 g/mol. The zero-order valence-corrected chi connectivity index (χ0v) is 25.0. The van der Waals surface area contributed by atoms with Gasteiger partial charge >= 0.3 is 5.97 Å². The number of hydrogen-bond acceptors (Lipinski definition) is 3. The Balaban J connectivity index is 1.34. The Morgan fingerprint density at radius 2 is 1.29 bits per heavy atom. The van der Waals surface area contributed by atoms with Crippen molar-refractivity contribution in [1.82, 2.24) is 0 Å². The molecule has 0 aliphatic heterocycles. The molecule has 5 heteroatoms. The minimum Gasteiger partial charge on any atom is -0.482 e. The van der Waals surface area contributed by atoms with Gasteiger partial charge in [0.15, 0.2) is 6.61 Å². The standard InChI is InChI=1S/C36H29BrO3S/c1-25-23-33(19-20-35(25)40-24-36(38)39)41-22-21-34(31-15-17-32(37)18-16-31)30-13-11-29(12-14-30)28-9-7-27(8-10-28)26-5-3-2-4-6-26/h2-21,23H,22,24H2,1H3,(H,38,39)/b34-21+. The number of carboxylic acid groups (broad SMARTS) is 1. The van der Waals surface area contributed by atoms with Gasteiger partial charge in [-0.2, -0.15) is 0 Å². The molecule has 0 aliphatic carbocycles. The van der Waals surface area contributed by atoms with Crippen LogP contribution in [0.4, 0.5) is 0 Å². The highest BCUT2D eigenvalue weighted by atomic mass is 79.9. The predicted octanol–water partition coefficient (Wildman–Crippen LogP) is 9.78. The number of thioether (sulfide) groups is 1. The molecule has 5 rings (SSSR count). The van der Waals surface area contributed by atoms with Gasteiger partial charge in [0.05, 0.1) is 0 Å². The predicted molar refractivity (Wildman–Crippen MR) is 174 cm³/mol. The van der Waals surface area contributed by atoms with Crippen LogP contribution in [-0.2, 0) is 4.79 Å². The van der Waals surface area contributed by atoms with E-state index in [1.165, 1.54) is 27.8 Å². The summed E-state index contributed by atoms with van der Waals surface area (Å²) in [5.41, 5.74) is 9.20. The summed E-state index contributed by atoms with van der Waals surface area (Å²) in [4.78, 5) is 11.9. The summed E-state index contributed by atoms with van der Waals surface area (Å²) >= 11 is 5.28. The van der Waals surface area contributed by atoms with Gasteiger partial charge in [-0.3, -0.25) is 0 Å². The summed E-state index contributed by atoms with van der Waals surface area (Å²) in [5.74, 6) is 0.392. The van der Waals surface area contributed by atoms with Gasteiger partial charge in [0.2, 0.25) is 0 Å². The Labute approximate surface area is 253 Å². The summed E-state index contributed by atoms with van der Waals surface area (Å²) in [6.07, 6.45) is 2.27. The Morgan fingerprint density at radius 1 is 0.756 bits per heavy atom. The molecule has 0 spiro atoms. The van der Waals surface area contributed by atoms with Gasteiger partial charge in [0.25, 0.3) is 0 Å². The second-order valence-electron chi connectivity index (χ2n) is 9.57. The fourth-order valence-corrected chi connectivity index (χ4v) is 5.73. The largest absolute Gasteiger partial charge is 0.482 e. The number of hydrogen-bond donors (Lipinski definition) is 1. The van der Waals surface area contributed by atoms with Crippen LogP contribution < -0.4 is 4.74 Å². The van der Waals surface area contributed by atoms with Crippen molar-refractivity contribution in [2.45, 2.75) is 11.8 Å². The molecule has 3 nitrogen and oxygen atoms in total. The van der Waals surface area contributed by atoms with Crippen LogP contribution in [0, 0.1) is 6.92 Å². The second kappa shape index (κ2) is 13.5. The maximum Gasteiger partial charge on any atom is 0.341 e. The van der Waals surface area contributed by atoms with E-state index in [9.17, 15) is 4.79 Å². The number of aliphatic carboxylic acids is 1. The van der Waals surface area contributed by atoms with Crippen molar-refractivity contribution in [1.29, 1.82) is 0 Å².